The molecule has 33 heavy (non-hydrogen) atoms. The minimum Gasteiger partial charge on any atom is -0.374 e. The van der Waals surface area contributed by atoms with Gasteiger partial charge in [0.2, 0.25) is 11.8 Å². The first-order valence-corrected chi connectivity index (χ1v) is 11.6. The molecule has 3 N–H and O–H groups in total. The average Bonchev–Trinajstić information content (AvgIpc) is 2.79. The van der Waals surface area contributed by atoms with Crippen LogP contribution in [0.3, 0.4) is 0 Å². The van der Waals surface area contributed by atoms with Gasteiger partial charge in [-0.15, -0.1) is 0 Å². The molecule has 8 nitrogen and oxygen atoms in total. The van der Waals surface area contributed by atoms with Crippen LogP contribution in [-0.4, -0.2) is 32.8 Å². The first-order valence-electron chi connectivity index (χ1n) is 10.1. The van der Waals surface area contributed by atoms with E-state index in [1.807, 2.05) is 0 Å². The van der Waals surface area contributed by atoms with Gasteiger partial charge in [-0.1, -0.05) is 12.1 Å². The van der Waals surface area contributed by atoms with Crippen LogP contribution in [0.25, 0.3) is 0 Å². The highest BCUT2D eigenvalue weighted by molar-refractivity contribution is 7.92. The monoisotopic (exact) mass is 468 g/mol. The predicted molar refractivity (Wildman–Crippen MR) is 124 cm³/mol. The number of amides is 2. The standard InChI is InChI=1S/C23H21FN4O4S/c1-15(23(30)28-14-22(29)26-20-4-2-3-5-21(20)28)25-17-8-10-18(11-9-17)27-33(31,32)19-12-6-16(24)7-13-19/h2-13,15,25,27H,14H2,1H3,(H,26,29). The van der Waals surface area contributed by atoms with E-state index in [9.17, 15) is 22.4 Å². The molecule has 1 aliphatic rings. The topological polar surface area (TPSA) is 108 Å². The molecular weight excluding hydrogens is 447 g/mol. The Morgan fingerprint density at radius 2 is 1.64 bits per heavy atom. The minimum absolute atomic E-state index is 0.0591. The second kappa shape index (κ2) is 8.91. The van der Waals surface area contributed by atoms with Crippen LogP contribution in [0.5, 0.6) is 0 Å². The SMILES string of the molecule is CC(Nc1ccc(NS(=O)(=O)c2ccc(F)cc2)cc1)C(=O)N1CC(=O)Nc2ccccc21. The van der Waals surface area contributed by atoms with Crippen LogP contribution in [0.4, 0.5) is 27.1 Å². The van der Waals surface area contributed by atoms with E-state index in [2.05, 4.69) is 15.4 Å². The summed E-state index contributed by atoms with van der Waals surface area (Å²) in [7, 11) is -3.86. The summed E-state index contributed by atoms with van der Waals surface area (Å²) in [4.78, 5) is 26.4. The van der Waals surface area contributed by atoms with Gasteiger partial charge >= 0.3 is 0 Å². The molecule has 4 rings (SSSR count). The van der Waals surface area contributed by atoms with E-state index in [1.54, 1.807) is 55.5 Å². The summed E-state index contributed by atoms with van der Waals surface area (Å²) in [6, 6.07) is 17.3. The van der Waals surface area contributed by atoms with Gasteiger partial charge in [-0.2, -0.15) is 0 Å². The number of nitrogens with one attached hydrogen (secondary N) is 3. The van der Waals surface area contributed by atoms with Crippen LogP contribution in [0.1, 0.15) is 6.92 Å². The molecule has 1 atom stereocenters. The van der Waals surface area contributed by atoms with Crippen molar-refractivity contribution in [3.05, 3.63) is 78.6 Å². The number of halogens is 1. The Kier molecular flexibility index (Phi) is 6.01. The maximum absolute atomic E-state index is 13.0. The lowest BCUT2D eigenvalue weighted by Crippen LogP contribution is -2.47. The molecule has 0 aliphatic carbocycles. The molecule has 0 bridgehead atoms. The molecule has 3 aromatic rings. The molecular formula is C23H21FN4O4S. The molecule has 2 amide bonds. The van der Waals surface area contributed by atoms with Crippen molar-refractivity contribution >= 4 is 44.6 Å². The number of nitrogens with zero attached hydrogens (tertiary/aromatic N) is 1. The lowest BCUT2D eigenvalue weighted by atomic mass is 10.1. The Labute approximate surface area is 190 Å². The van der Waals surface area contributed by atoms with Crippen molar-refractivity contribution in [2.75, 3.05) is 26.8 Å². The molecule has 0 saturated heterocycles. The van der Waals surface area contributed by atoms with Crippen LogP contribution in [0.2, 0.25) is 0 Å². The van der Waals surface area contributed by atoms with Gasteiger partial charge in [-0.3, -0.25) is 19.2 Å². The molecule has 0 radical (unpaired) electrons. The van der Waals surface area contributed by atoms with Crippen LogP contribution in [-0.2, 0) is 19.6 Å². The number of rotatable bonds is 6. The second-order valence-corrected chi connectivity index (χ2v) is 9.17. The number of hydrogen-bond donors (Lipinski definition) is 3. The Morgan fingerprint density at radius 1 is 1.00 bits per heavy atom. The van der Waals surface area contributed by atoms with Gasteiger partial charge in [0.25, 0.3) is 10.0 Å². The van der Waals surface area contributed by atoms with E-state index in [0.29, 0.717) is 22.7 Å². The number of anilines is 4. The van der Waals surface area contributed by atoms with Crippen molar-refractivity contribution in [3.8, 4) is 0 Å². The van der Waals surface area contributed by atoms with E-state index in [1.165, 1.54) is 17.0 Å². The van der Waals surface area contributed by atoms with E-state index in [-0.39, 0.29) is 23.3 Å². The highest BCUT2D eigenvalue weighted by Gasteiger charge is 2.29. The first kappa shape index (κ1) is 22.3. The molecule has 1 heterocycles. The molecule has 1 unspecified atom stereocenters. The minimum atomic E-state index is -3.86. The van der Waals surface area contributed by atoms with Crippen LogP contribution in [0.15, 0.2) is 77.7 Å². The lowest BCUT2D eigenvalue weighted by molar-refractivity contribution is -0.122. The van der Waals surface area contributed by atoms with E-state index < -0.39 is 21.9 Å². The quantitative estimate of drug-likeness (QED) is 0.514. The number of sulfonamides is 1. The van der Waals surface area contributed by atoms with Crippen molar-refractivity contribution in [1.82, 2.24) is 0 Å². The number of para-hydroxylation sites is 2. The van der Waals surface area contributed by atoms with Crippen LogP contribution in [0, 0.1) is 5.82 Å². The number of hydrogen-bond acceptors (Lipinski definition) is 5. The molecule has 10 heteroatoms. The Bertz CT molecular complexity index is 1290. The summed E-state index contributed by atoms with van der Waals surface area (Å²) < 4.78 is 40.3. The number of benzene rings is 3. The third kappa shape index (κ3) is 4.96. The molecule has 0 spiro atoms. The third-order valence-electron chi connectivity index (χ3n) is 5.05. The summed E-state index contributed by atoms with van der Waals surface area (Å²) in [6.45, 7) is 1.61. The normalized spacial score (nSPS) is 14.1. The fraction of sp³-hybridized carbons (Fsp3) is 0.130. The van der Waals surface area contributed by atoms with Crippen molar-refractivity contribution in [2.45, 2.75) is 17.9 Å². The first-order chi connectivity index (χ1) is 15.7. The van der Waals surface area contributed by atoms with Gasteiger partial charge < -0.3 is 10.6 Å². The van der Waals surface area contributed by atoms with Crippen molar-refractivity contribution in [2.24, 2.45) is 0 Å². The van der Waals surface area contributed by atoms with Gasteiger partial charge in [0.15, 0.2) is 0 Å². The zero-order chi connectivity index (χ0) is 23.6. The van der Waals surface area contributed by atoms with Crippen molar-refractivity contribution in [1.29, 1.82) is 0 Å². The number of fused-ring (bicyclic) bond motifs is 1. The molecule has 1 aliphatic heterocycles. The number of carbonyl (C=O) groups excluding carboxylic acids is 2. The van der Waals surface area contributed by atoms with Crippen molar-refractivity contribution in [3.63, 3.8) is 0 Å². The molecule has 0 saturated carbocycles. The van der Waals surface area contributed by atoms with Crippen molar-refractivity contribution < 1.29 is 22.4 Å². The van der Waals surface area contributed by atoms with Gasteiger partial charge in [0.1, 0.15) is 18.4 Å². The molecule has 170 valence electrons. The van der Waals surface area contributed by atoms with Crippen LogP contribution >= 0.6 is 0 Å². The fourth-order valence-electron chi connectivity index (χ4n) is 3.44. The van der Waals surface area contributed by atoms with Gasteiger partial charge in [0, 0.05) is 11.4 Å². The van der Waals surface area contributed by atoms with Gasteiger partial charge in [-0.25, -0.2) is 12.8 Å². The predicted octanol–water partition coefficient (Wildman–Crippen LogP) is 3.41. The highest BCUT2D eigenvalue weighted by Crippen LogP contribution is 2.29. The molecule has 0 aromatic heterocycles. The lowest BCUT2D eigenvalue weighted by Gasteiger charge is -2.31. The smallest absolute Gasteiger partial charge is 0.261 e. The summed E-state index contributed by atoms with van der Waals surface area (Å²) >= 11 is 0. The van der Waals surface area contributed by atoms with E-state index >= 15 is 0 Å². The molecule has 0 fully saturated rings. The Hall–Kier alpha value is -3.92. The largest absolute Gasteiger partial charge is 0.374 e. The summed E-state index contributed by atoms with van der Waals surface area (Å²) in [5, 5.41) is 5.82. The highest BCUT2D eigenvalue weighted by atomic mass is 32.2. The number of carbonyl (C=O) groups is 2. The average molecular weight is 469 g/mol. The summed E-state index contributed by atoms with van der Waals surface area (Å²) in [5.74, 6) is -1.08. The van der Waals surface area contributed by atoms with Gasteiger partial charge in [-0.05, 0) is 67.6 Å². The maximum Gasteiger partial charge on any atom is 0.261 e. The van der Waals surface area contributed by atoms with Gasteiger partial charge in [0.05, 0.1) is 16.3 Å². The third-order valence-corrected chi connectivity index (χ3v) is 6.45. The second-order valence-electron chi connectivity index (χ2n) is 7.49. The van der Waals surface area contributed by atoms with E-state index in [0.717, 1.165) is 12.1 Å². The zero-order valence-corrected chi connectivity index (χ0v) is 18.4. The fourth-order valence-corrected chi connectivity index (χ4v) is 4.50. The zero-order valence-electron chi connectivity index (χ0n) is 17.6. The maximum atomic E-state index is 13.0. The van der Waals surface area contributed by atoms with E-state index in [4.69, 9.17) is 0 Å². The summed E-state index contributed by atoms with van der Waals surface area (Å²) in [5.41, 5.74) is 2.11. The molecule has 3 aromatic carbocycles. The van der Waals surface area contributed by atoms with Crippen LogP contribution < -0.4 is 20.3 Å². The Balaban J connectivity index is 1.43. The summed E-state index contributed by atoms with van der Waals surface area (Å²) in [6.07, 6.45) is 0. The Morgan fingerprint density at radius 3 is 2.33 bits per heavy atom.